The molecule has 0 radical (unpaired) electrons. The van der Waals surface area contributed by atoms with E-state index in [0.717, 1.165) is 25.1 Å². The summed E-state index contributed by atoms with van der Waals surface area (Å²) in [4.78, 5) is 15.3. The SMILES string of the molecule is O=C(Cl)c1cnn2c(C(F)(F)F)cc(C3CC3)nc12. The smallest absolute Gasteiger partial charge is 0.275 e. The van der Waals surface area contributed by atoms with Crippen molar-refractivity contribution in [3.63, 3.8) is 0 Å². The molecule has 8 heteroatoms. The highest BCUT2D eigenvalue weighted by Crippen LogP contribution is 2.41. The van der Waals surface area contributed by atoms with E-state index in [-0.39, 0.29) is 17.1 Å². The second-order valence-corrected chi connectivity index (χ2v) is 4.75. The number of rotatable bonds is 2. The van der Waals surface area contributed by atoms with Gasteiger partial charge in [0.15, 0.2) is 5.65 Å². The zero-order valence-corrected chi connectivity index (χ0v) is 10.2. The second-order valence-electron chi connectivity index (χ2n) is 4.41. The summed E-state index contributed by atoms with van der Waals surface area (Å²) in [5, 5.41) is 2.68. The lowest BCUT2D eigenvalue weighted by Crippen LogP contribution is -2.14. The normalized spacial score (nSPS) is 16.0. The van der Waals surface area contributed by atoms with Gasteiger partial charge in [-0.1, -0.05) is 0 Å². The highest BCUT2D eigenvalue weighted by atomic mass is 35.5. The largest absolute Gasteiger partial charge is 0.433 e. The first-order chi connectivity index (χ1) is 8.88. The van der Waals surface area contributed by atoms with Crippen molar-refractivity contribution >= 4 is 22.5 Å². The zero-order chi connectivity index (χ0) is 13.8. The Balaban J connectivity index is 2.31. The van der Waals surface area contributed by atoms with E-state index in [1.807, 2.05) is 0 Å². The molecule has 2 heterocycles. The Hall–Kier alpha value is -1.63. The summed E-state index contributed by atoms with van der Waals surface area (Å²) in [6.45, 7) is 0. The fourth-order valence-electron chi connectivity index (χ4n) is 1.91. The van der Waals surface area contributed by atoms with Gasteiger partial charge < -0.3 is 0 Å². The van der Waals surface area contributed by atoms with Crippen molar-refractivity contribution in [3.8, 4) is 0 Å². The van der Waals surface area contributed by atoms with Crippen LogP contribution in [0, 0.1) is 0 Å². The minimum Gasteiger partial charge on any atom is -0.275 e. The molecule has 2 aromatic rings. The average Bonchev–Trinajstić information content (AvgIpc) is 3.06. The lowest BCUT2D eigenvalue weighted by molar-refractivity contribution is -0.142. The third-order valence-corrected chi connectivity index (χ3v) is 3.19. The van der Waals surface area contributed by atoms with Crippen LogP contribution in [0.25, 0.3) is 5.65 Å². The van der Waals surface area contributed by atoms with Gasteiger partial charge in [0.1, 0.15) is 5.69 Å². The Morgan fingerprint density at radius 1 is 1.42 bits per heavy atom. The van der Waals surface area contributed by atoms with E-state index in [0.29, 0.717) is 10.2 Å². The fourth-order valence-corrected chi connectivity index (χ4v) is 2.04. The maximum Gasteiger partial charge on any atom is 0.433 e. The zero-order valence-electron chi connectivity index (χ0n) is 9.41. The Morgan fingerprint density at radius 3 is 2.63 bits per heavy atom. The third-order valence-electron chi connectivity index (χ3n) is 2.99. The summed E-state index contributed by atoms with van der Waals surface area (Å²) < 4.78 is 39.6. The molecule has 19 heavy (non-hydrogen) atoms. The molecular formula is C11H7ClF3N3O. The monoisotopic (exact) mass is 289 g/mol. The van der Waals surface area contributed by atoms with Crippen LogP contribution in [0.3, 0.4) is 0 Å². The summed E-state index contributed by atoms with van der Waals surface area (Å²) in [7, 11) is 0. The van der Waals surface area contributed by atoms with Crippen molar-refractivity contribution in [3.05, 3.63) is 29.2 Å². The number of alkyl halides is 3. The lowest BCUT2D eigenvalue weighted by atomic mass is 10.2. The molecule has 0 aromatic carbocycles. The summed E-state index contributed by atoms with van der Waals surface area (Å²) >= 11 is 5.32. The van der Waals surface area contributed by atoms with E-state index in [9.17, 15) is 18.0 Å². The van der Waals surface area contributed by atoms with E-state index in [4.69, 9.17) is 11.6 Å². The number of hydrogen-bond acceptors (Lipinski definition) is 3. The number of fused-ring (bicyclic) bond motifs is 1. The fraction of sp³-hybridized carbons (Fsp3) is 0.364. The Morgan fingerprint density at radius 2 is 2.11 bits per heavy atom. The van der Waals surface area contributed by atoms with Gasteiger partial charge in [0.05, 0.1) is 11.8 Å². The van der Waals surface area contributed by atoms with Crippen LogP contribution < -0.4 is 0 Å². The lowest BCUT2D eigenvalue weighted by Gasteiger charge is -2.10. The van der Waals surface area contributed by atoms with Crippen LogP contribution >= 0.6 is 11.6 Å². The second kappa shape index (κ2) is 3.93. The van der Waals surface area contributed by atoms with Crippen molar-refractivity contribution in [2.24, 2.45) is 0 Å². The molecule has 0 amide bonds. The van der Waals surface area contributed by atoms with Crippen LogP contribution in [-0.4, -0.2) is 19.8 Å². The molecule has 1 aliphatic carbocycles. The van der Waals surface area contributed by atoms with Gasteiger partial charge in [0.2, 0.25) is 0 Å². The van der Waals surface area contributed by atoms with E-state index >= 15 is 0 Å². The van der Waals surface area contributed by atoms with Crippen molar-refractivity contribution < 1.29 is 18.0 Å². The molecule has 0 N–H and O–H groups in total. The maximum absolute atomic E-state index is 13.0. The number of halogens is 4. The predicted molar refractivity (Wildman–Crippen MR) is 60.1 cm³/mol. The molecule has 0 atom stereocenters. The average molecular weight is 290 g/mol. The van der Waals surface area contributed by atoms with Crippen molar-refractivity contribution in [1.82, 2.24) is 14.6 Å². The van der Waals surface area contributed by atoms with Gasteiger partial charge in [0.25, 0.3) is 5.24 Å². The molecular weight excluding hydrogens is 283 g/mol. The van der Waals surface area contributed by atoms with Gasteiger partial charge in [-0.05, 0) is 30.5 Å². The molecule has 2 aromatic heterocycles. The number of carbonyl (C=O) groups is 1. The molecule has 0 aliphatic heterocycles. The van der Waals surface area contributed by atoms with Crippen LogP contribution in [0.15, 0.2) is 12.3 Å². The topological polar surface area (TPSA) is 47.3 Å². The molecule has 0 unspecified atom stereocenters. The first-order valence-electron chi connectivity index (χ1n) is 5.53. The third kappa shape index (κ3) is 2.07. The number of nitrogens with zero attached hydrogens (tertiary/aromatic N) is 3. The summed E-state index contributed by atoms with van der Waals surface area (Å²) in [6, 6.07) is 0.986. The highest BCUT2D eigenvalue weighted by molar-refractivity contribution is 6.68. The number of carbonyl (C=O) groups excluding carboxylic acids is 1. The quantitative estimate of drug-likeness (QED) is 0.799. The summed E-state index contributed by atoms with van der Waals surface area (Å²) in [6.07, 6.45) is -1.95. The van der Waals surface area contributed by atoms with Crippen molar-refractivity contribution in [2.75, 3.05) is 0 Å². The molecule has 3 rings (SSSR count). The Bertz CT molecular complexity index is 676. The van der Waals surface area contributed by atoms with E-state index in [2.05, 4.69) is 10.1 Å². The molecule has 1 fully saturated rings. The maximum atomic E-state index is 13.0. The van der Waals surface area contributed by atoms with Gasteiger partial charge in [-0.3, -0.25) is 4.79 Å². The highest BCUT2D eigenvalue weighted by Gasteiger charge is 2.37. The van der Waals surface area contributed by atoms with Crippen molar-refractivity contribution in [2.45, 2.75) is 24.9 Å². The predicted octanol–water partition coefficient (Wildman–Crippen LogP) is 3.00. The van der Waals surface area contributed by atoms with E-state index < -0.39 is 17.1 Å². The van der Waals surface area contributed by atoms with Crippen molar-refractivity contribution in [1.29, 1.82) is 0 Å². The molecule has 4 nitrogen and oxygen atoms in total. The van der Waals surface area contributed by atoms with Crippen LogP contribution in [0.4, 0.5) is 13.2 Å². The first kappa shape index (κ1) is 12.4. The summed E-state index contributed by atoms with van der Waals surface area (Å²) in [5.41, 5.74) is -0.866. The van der Waals surface area contributed by atoms with E-state index in [1.54, 1.807) is 0 Å². The molecule has 0 saturated heterocycles. The molecule has 0 bridgehead atoms. The minimum absolute atomic E-state index is 0.0271. The van der Waals surface area contributed by atoms with Crippen LogP contribution in [0.1, 0.15) is 40.5 Å². The van der Waals surface area contributed by atoms with Gasteiger partial charge in [-0.25, -0.2) is 9.50 Å². The van der Waals surface area contributed by atoms with Gasteiger partial charge >= 0.3 is 6.18 Å². The van der Waals surface area contributed by atoms with Gasteiger partial charge in [-0.15, -0.1) is 0 Å². The van der Waals surface area contributed by atoms with Crippen LogP contribution in [-0.2, 0) is 6.18 Å². The van der Waals surface area contributed by atoms with Gasteiger partial charge in [0, 0.05) is 11.6 Å². The van der Waals surface area contributed by atoms with E-state index in [1.165, 1.54) is 0 Å². The first-order valence-corrected chi connectivity index (χ1v) is 5.91. The Labute approximate surface area is 110 Å². The minimum atomic E-state index is -4.57. The van der Waals surface area contributed by atoms with Crippen LogP contribution in [0.5, 0.6) is 0 Å². The molecule has 1 saturated carbocycles. The standard InChI is InChI=1S/C11H7ClF3N3O/c12-9(19)6-4-16-18-8(11(13,14)15)3-7(5-1-2-5)17-10(6)18/h3-5H,1-2H2. The summed E-state index contributed by atoms with van der Waals surface area (Å²) in [5.74, 6) is 0.0271. The van der Waals surface area contributed by atoms with Crippen LogP contribution in [0.2, 0.25) is 0 Å². The number of aromatic nitrogens is 3. The Kier molecular flexibility index (Phi) is 2.57. The molecule has 0 spiro atoms. The van der Waals surface area contributed by atoms with Gasteiger partial charge in [-0.2, -0.15) is 18.3 Å². The number of hydrogen-bond donors (Lipinski definition) is 0. The molecule has 100 valence electrons. The molecule has 1 aliphatic rings.